The van der Waals surface area contributed by atoms with Crippen molar-refractivity contribution < 1.29 is 13.9 Å². The van der Waals surface area contributed by atoms with Crippen molar-refractivity contribution >= 4 is 29.3 Å². The number of hydrogen-bond donors (Lipinski definition) is 1. The normalized spacial score (nSPS) is 20.6. The highest BCUT2D eigenvalue weighted by atomic mass is 35.5. The van der Waals surface area contributed by atoms with Gasteiger partial charge in [0.2, 0.25) is 0 Å². The Hall–Kier alpha value is -2.05. The van der Waals surface area contributed by atoms with E-state index in [1.54, 1.807) is 0 Å². The van der Waals surface area contributed by atoms with Crippen LogP contribution < -0.4 is 15.7 Å². The predicted octanol–water partition coefficient (Wildman–Crippen LogP) is 3.77. The molecular formula is C25H33ClN2O4. The third-order valence-electron chi connectivity index (χ3n) is 7.63. The molecule has 0 bridgehead atoms. The van der Waals surface area contributed by atoms with Gasteiger partial charge in [-0.3, -0.25) is 4.79 Å². The number of amides is 1. The minimum Gasteiger partial charge on any atom is -0.480 e. The Morgan fingerprint density at radius 2 is 1.91 bits per heavy atom. The van der Waals surface area contributed by atoms with Gasteiger partial charge in [-0.15, -0.1) is 12.4 Å². The highest BCUT2D eigenvalue weighted by molar-refractivity contribution is 5.87. The van der Waals surface area contributed by atoms with Crippen LogP contribution >= 0.6 is 12.4 Å². The molecule has 2 aliphatic heterocycles. The Labute approximate surface area is 195 Å². The maximum atomic E-state index is 13.2. The van der Waals surface area contributed by atoms with Gasteiger partial charge < -0.3 is 19.4 Å². The lowest BCUT2D eigenvalue weighted by Gasteiger charge is -2.45. The summed E-state index contributed by atoms with van der Waals surface area (Å²) < 4.78 is 11.8. The van der Waals surface area contributed by atoms with Crippen LogP contribution in [-0.2, 0) is 17.6 Å². The van der Waals surface area contributed by atoms with Gasteiger partial charge in [-0.25, -0.2) is 4.79 Å². The second-order valence-electron chi connectivity index (χ2n) is 9.64. The molecule has 3 aliphatic rings. The van der Waals surface area contributed by atoms with E-state index in [9.17, 15) is 9.59 Å². The average Bonchev–Trinajstić information content (AvgIpc) is 3.27. The molecule has 0 saturated carbocycles. The third-order valence-corrected chi connectivity index (χ3v) is 7.63. The summed E-state index contributed by atoms with van der Waals surface area (Å²) in [6.07, 6.45) is 6.68. The van der Waals surface area contributed by atoms with Crippen LogP contribution in [0.25, 0.3) is 11.0 Å². The number of nitrogens with zero attached hydrogens (tertiary/aromatic N) is 1. The van der Waals surface area contributed by atoms with Crippen molar-refractivity contribution in [2.24, 2.45) is 5.41 Å². The average molecular weight is 461 g/mol. The number of hydrogen-bond acceptors (Lipinski definition) is 5. The number of ether oxygens (including phenoxy) is 1. The first-order valence-corrected chi connectivity index (χ1v) is 11.7. The molecule has 5 rings (SSSR count). The molecule has 2 saturated heterocycles. The van der Waals surface area contributed by atoms with Crippen LogP contribution in [0.15, 0.2) is 21.3 Å². The van der Waals surface area contributed by atoms with E-state index < -0.39 is 6.10 Å². The number of carbonyl (C=O) groups is 1. The number of benzene rings is 1. The van der Waals surface area contributed by atoms with Crippen LogP contribution in [0.3, 0.4) is 0 Å². The molecule has 3 heterocycles. The van der Waals surface area contributed by atoms with Crippen molar-refractivity contribution in [1.82, 2.24) is 10.2 Å². The fraction of sp³-hybridized carbons (Fsp3) is 0.600. The molecule has 1 aliphatic carbocycles. The van der Waals surface area contributed by atoms with Crippen LogP contribution in [0.4, 0.5) is 0 Å². The van der Waals surface area contributed by atoms with Crippen LogP contribution in [0.1, 0.15) is 55.7 Å². The molecular weight excluding hydrogens is 428 g/mol. The number of nitrogens with one attached hydrogen (secondary N) is 1. The molecule has 1 atom stereocenters. The molecule has 2 fully saturated rings. The lowest BCUT2D eigenvalue weighted by atomic mass is 9.73. The summed E-state index contributed by atoms with van der Waals surface area (Å²) in [5.41, 5.74) is 3.35. The fourth-order valence-corrected chi connectivity index (χ4v) is 5.85. The van der Waals surface area contributed by atoms with Gasteiger partial charge in [-0.05, 0) is 95.0 Å². The molecule has 1 N–H and O–H groups in total. The first-order valence-electron chi connectivity index (χ1n) is 11.7. The van der Waals surface area contributed by atoms with Crippen molar-refractivity contribution in [1.29, 1.82) is 0 Å². The second kappa shape index (κ2) is 9.06. The lowest BCUT2D eigenvalue weighted by Crippen LogP contribution is -2.52. The fourth-order valence-electron chi connectivity index (χ4n) is 5.85. The molecule has 1 spiro atoms. The Morgan fingerprint density at radius 1 is 1.16 bits per heavy atom. The Balaban J connectivity index is 0.00000245. The summed E-state index contributed by atoms with van der Waals surface area (Å²) in [6, 6.07) is 3.90. The van der Waals surface area contributed by atoms with E-state index in [1.807, 2.05) is 30.9 Å². The number of likely N-dealkylation sites (tertiary alicyclic amines) is 1. The molecule has 32 heavy (non-hydrogen) atoms. The Kier molecular flexibility index (Phi) is 6.55. The summed E-state index contributed by atoms with van der Waals surface area (Å²) in [4.78, 5) is 27.6. The van der Waals surface area contributed by atoms with Gasteiger partial charge in [-0.2, -0.15) is 0 Å². The van der Waals surface area contributed by atoms with Gasteiger partial charge in [0.25, 0.3) is 5.91 Å². The zero-order valence-electron chi connectivity index (χ0n) is 19.0. The number of rotatable bonds is 3. The first-order chi connectivity index (χ1) is 15.0. The van der Waals surface area contributed by atoms with E-state index in [0.29, 0.717) is 11.3 Å². The summed E-state index contributed by atoms with van der Waals surface area (Å²) in [7, 11) is 0. The van der Waals surface area contributed by atoms with Crippen molar-refractivity contribution in [3.63, 3.8) is 0 Å². The Bertz CT molecular complexity index is 1070. The van der Waals surface area contributed by atoms with Crippen molar-refractivity contribution in [3.05, 3.63) is 39.2 Å². The molecule has 1 aromatic carbocycles. The molecule has 1 amide bonds. The van der Waals surface area contributed by atoms with E-state index in [2.05, 4.69) is 5.32 Å². The smallest absolute Gasteiger partial charge is 0.339 e. The SMILES string of the molecule is Cc1c(OC(C)C(=O)N2CCCC3(CCNCC3)C2)ccc2c3c(c(=O)oc12)CCC3.Cl. The van der Waals surface area contributed by atoms with Crippen LogP contribution in [0.2, 0.25) is 0 Å². The summed E-state index contributed by atoms with van der Waals surface area (Å²) in [5.74, 6) is 0.663. The zero-order chi connectivity index (χ0) is 21.6. The van der Waals surface area contributed by atoms with E-state index in [-0.39, 0.29) is 29.4 Å². The minimum atomic E-state index is -0.575. The number of carbonyl (C=O) groups excluding carboxylic acids is 1. The largest absolute Gasteiger partial charge is 0.480 e. The first kappa shape index (κ1) is 23.1. The molecule has 6 nitrogen and oxygen atoms in total. The van der Waals surface area contributed by atoms with E-state index in [0.717, 1.165) is 86.8 Å². The topological polar surface area (TPSA) is 71.8 Å². The maximum absolute atomic E-state index is 13.2. The highest BCUT2D eigenvalue weighted by Crippen LogP contribution is 2.38. The van der Waals surface area contributed by atoms with E-state index in [4.69, 9.17) is 9.15 Å². The van der Waals surface area contributed by atoms with E-state index in [1.165, 1.54) is 6.42 Å². The number of aryl methyl sites for hydroxylation is 2. The van der Waals surface area contributed by atoms with E-state index >= 15 is 0 Å². The van der Waals surface area contributed by atoms with Crippen molar-refractivity contribution in [3.8, 4) is 5.75 Å². The number of fused-ring (bicyclic) bond motifs is 3. The second-order valence-corrected chi connectivity index (χ2v) is 9.64. The number of piperidine rings is 2. The molecule has 7 heteroatoms. The Morgan fingerprint density at radius 3 is 2.69 bits per heavy atom. The van der Waals surface area contributed by atoms with Gasteiger partial charge >= 0.3 is 5.63 Å². The maximum Gasteiger partial charge on any atom is 0.339 e. The molecule has 174 valence electrons. The monoisotopic (exact) mass is 460 g/mol. The van der Waals surface area contributed by atoms with Crippen molar-refractivity contribution in [2.75, 3.05) is 26.2 Å². The molecule has 2 aromatic rings. The lowest BCUT2D eigenvalue weighted by molar-refractivity contribution is -0.142. The van der Waals surface area contributed by atoms with Gasteiger partial charge in [0, 0.05) is 29.6 Å². The molecule has 1 aromatic heterocycles. The predicted molar refractivity (Wildman–Crippen MR) is 127 cm³/mol. The quantitative estimate of drug-likeness (QED) is 0.706. The van der Waals surface area contributed by atoms with Crippen LogP contribution in [0.5, 0.6) is 5.75 Å². The van der Waals surface area contributed by atoms with Gasteiger partial charge in [0.05, 0.1) is 0 Å². The van der Waals surface area contributed by atoms with Gasteiger partial charge in [0.1, 0.15) is 11.3 Å². The highest BCUT2D eigenvalue weighted by Gasteiger charge is 2.39. The summed E-state index contributed by atoms with van der Waals surface area (Å²) >= 11 is 0. The van der Waals surface area contributed by atoms with Crippen molar-refractivity contribution in [2.45, 2.75) is 64.9 Å². The summed E-state index contributed by atoms with van der Waals surface area (Å²) in [6.45, 7) is 7.45. The third kappa shape index (κ3) is 4.03. The zero-order valence-corrected chi connectivity index (χ0v) is 19.8. The van der Waals surface area contributed by atoms with Gasteiger partial charge in [-0.1, -0.05) is 0 Å². The van der Waals surface area contributed by atoms with Crippen LogP contribution in [0, 0.1) is 12.3 Å². The minimum absolute atomic E-state index is 0. The molecule has 0 radical (unpaired) electrons. The standard InChI is InChI=1S/C25H32N2O4.ClH/c1-16-21(8-7-19-18-5-3-6-20(18)24(29)31-22(16)19)30-17(2)23(28)27-14-4-9-25(15-27)10-12-26-13-11-25;/h7-8,17,26H,3-6,9-15H2,1-2H3;1H. The van der Waals surface area contributed by atoms with Gasteiger partial charge in [0.15, 0.2) is 6.10 Å². The number of halogens is 1. The van der Waals surface area contributed by atoms with Crippen LogP contribution in [-0.4, -0.2) is 43.1 Å². The molecule has 1 unspecified atom stereocenters. The summed E-state index contributed by atoms with van der Waals surface area (Å²) in [5, 5.41) is 4.44.